The topological polar surface area (TPSA) is 69.8 Å². The van der Waals surface area contributed by atoms with Crippen molar-refractivity contribution in [1.29, 1.82) is 10.5 Å². The Morgan fingerprint density at radius 2 is 1.61 bits per heavy atom. The number of rotatable bonds is 2. The van der Waals surface area contributed by atoms with Crippen LogP contribution in [-0.2, 0) is 0 Å². The number of aromatic nitrogens is 2. The fraction of sp³-hybridized carbons (Fsp3) is 0. The van der Waals surface area contributed by atoms with Gasteiger partial charge in [0.1, 0.15) is 0 Å². The normalized spacial score (nSPS) is 10.5. The SMILES string of the molecule is [C-]#[N+]c1cc(C#N)cc(C#N)c1-n1c2ccccc2c2cc(-c3ccccc3)ncc21. The Bertz CT molecular complexity index is 1570. The lowest BCUT2D eigenvalue weighted by Gasteiger charge is -2.12. The number of para-hydroxylation sites is 1. The van der Waals surface area contributed by atoms with Crippen molar-refractivity contribution in [3.05, 3.63) is 102 Å². The molecule has 0 spiro atoms. The molecule has 142 valence electrons. The van der Waals surface area contributed by atoms with Gasteiger partial charge in [0.2, 0.25) is 5.69 Å². The fourth-order valence-corrected chi connectivity index (χ4v) is 3.97. The molecule has 3 aromatic carbocycles. The summed E-state index contributed by atoms with van der Waals surface area (Å²) in [7, 11) is 0. The molecule has 0 aliphatic rings. The van der Waals surface area contributed by atoms with E-state index in [-0.39, 0.29) is 16.8 Å². The molecule has 0 aliphatic heterocycles. The van der Waals surface area contributed by atoms with Gasteiger partial charge in [0, 0.05) is 21.9 Å². The predicted octanol–water partition coefficient (Wildman–Crippen LogP) is 6.14. The number of nitrogens with zero attached hydrogens (tertiary/aromatic N) is 5. The van der Waals surface area contributed by atoms with Crippen LogP contribution in [0.2, 0.25) is 0 Å². The maximum absolute atomic E-state index is 9.80. The van der Waals surface area contributed by atoms with Crippen LogP contribution in [0.15, 0.2) is 79.0 Å². The van der Waals surface area contributed by atoms with Gasteiger partial charge in [-0.1, -0.05) is 48.5 Å². The monoisotopic (exact) mass is 395 g/mol. The number of pyridine rings is 1. The van der Waals surface area contributed by atoms with E-state index in [1.165, 1.54) is 12.1 Å². The van der Waals surface area contributed by atoms with E-state index in [0.717, 1.165) is 33.1 Å². The van der Waals surface area contributed by atoms with Gasteiger partial charge in [-0.3, -0.25) is 4.98 Å². The second kappa shape index (κ2) is 7.16. The molecule has 0 atom stereocenters. The Balaban J connectivity index is 1.91. The van der Waals surface area contributed by atoms with E-state index in [9.17, 15) is 10.5 Å². The molecule has 2 heterocycles. The summed E-state index contributed by atoms with van der Waals surface area (Å²) < 4.78 is 1.90. The number of fused-ring (bicyclic) bond motifs is 3. The van der Waals surface area contributed by atoms with Crippen molar-refractivity contribution in [3.8, 4) is 29.1 Å². The number of hydrogen-bond acceptors (Lipinski definition) is 3. The fourth-order valence-electron chi connectivity index (χ4n) is 3.97. The van der Waals surface area contributed by atoms with Gasteiger partial charge in [-0.15, -0.1) is 0 Å². The lowest BCUT2D eigenvalue weighted by atomic mass is 10.1. The largest absolute Gasteiger partial charge is 0.316 e. The zero-order chi connectivity index (χ0) is 21.4. The molecule has 0 aliphatic carbocycles. The Hall–Kier alpha value is -4.92. The maximum Gasteiger partial charge on any atom is 0.213 e. The average Bonchev–Trinajstić information content (AvgIpc) is 3.17. The molecule has 0 bridgehead atoms. The first-order valence-corrected chi connectivity index (χ1v) is 9.56. The van der Waals surface area contributed by atoms with Crippen molar-refractivity contribution in [2.45, 2.75) is 0 Å². The van der Waals surface area contributed by atoms with Gasteiger partial charge >= 0.3 is 0 Å². The minimum Gasteiger partial charge on any atom is -0.316 e. The van der Waals surface area contributed by atoms with Crippen LogP contribution in [0, 0.1) is 29.2 Å². The highest BCUT2D eigenvalue weighted by Gasteiger charge is 2.19. The quantitative estimate of drug-likeness (QED) is 0.337. The average molecular weight is 395 g/mol. The summed E-state index contributed by atoms with van der Waals surface area (Å²) in [6.45, 7) is 7.67. The molecular formula is C26H13N5. The zero-order valence-electron chi connectivity index (χ0n) is 16.2. The van der Waals surface area contributed by atoms with E-state index in [1.54, 1.807) is 6.20 Å². The maximum atomic E-state index is 9.80. The molecule has 0 saturated heterocycles. The van der Waals surface area contributed by atoms with Crippen molar-refractivity contribution in [3.63, 3.8) is 0 Å². The van der Waals surface area contributed by atoms with Crippen molar-refractivity contribution >= 4 is 27.5 Å². The van der Waals surface area contributed by atoms with Gasteiger partial charge < -0.3 is 4.57 Å². The molecule has 31 heavy (non-hydrogen) atoms. The highest BCUT2D eigenvalue weighted by Crippen LogP contribution is 2.38. The minimum atomic E-state index is 0.255. The van der Waals surface area contributed by atoms with Gasteiger partial charge in [0.05, 0.1) is 52.9 Å². The molecule has 0 N–H and O–H groups in total. The molecule has 0 amide bonds. The second-order valence-electron chi connectivity index (χ2n) is 7.03. The summed E-state index contributed by atoms with van der Waals surface area (Å²) in [5, 5.41) is 21.1. The highest BCUT2D eigenvalue weighted by atomic mass is 15.0. The summed E-state index contributed by atoms with van der Waals surface area (Å²) in [6.07, 6.45) is 1.78. The van der Waals surface area contributed by atoms with Crippen LogP contribution in [0.5, 0.6) is 0 Å². The first kappa shape index (κ1) is 18.1. The van der Waals surface area contributed by atoms with Gasteiger partial charge in [0.25, 0.3) is 0 Å². The van der Waals surface area contributed by atoms with E-state index in [2.05, 4.69) is 15.9 Å². The molecule has 5 aromatic rings. The molecule has 0 fully saturated rings. The molecule has 2 aromatic heterocycles. The van der Waals surface area contributed by atoms with E-state index < -0.39 is 0 Å². The summed E-state index contributed by atoms with van der Waals surface area (Å²) >= 11 is 0. The van der Waals surface area contributed by atoms with Gasteiger partial charge in [-0.25, -0.2) is 4.85 Å². The summed E-state index contributed by atoms with van der Waals surface area (Å²) in [6, 6.07) is 27.1. The summed E-state index contributed by atoms with van der Waals surface area (Å²) in [5.74, 6) is 0. The standard InChI is InChI=1S/C26H13N5/c1-29-23-12-17(14-27)11-19(15-28)26(23)31-24-10-6-5-9-20(24)21-13-22(30-16-25(21)31)18-7-3-2-4-8-18/h2-13,16H. The lowest BCUT2D eigenvalue weighted by Crippen LogP contribution is -1.99. The molecule has 5 heteroatoms. The Labute approximate surface area is 178 Å². The first-order valence-electron chi connectivity index (χ1n) is 9.56. The Kier molecular flexibility index (Phi) is 4.19. The van der Waals surface area contributed by atoms with Crippen LogP contribution in [0.25, 0.3) is 43.6 Å². The van der Waals surface area contributed by atoms with E-state index >= 15 is 0 Å². The van der Waals surface area contributed by atoms with Crippen LogP contribution < -0.4 is 0 Å². The summed E-state index contributed by atoms with van der Waals surface area (Å²) in [4.78, 5) is 8.30. The van der Waals surface area contributed by atoms with E-state index in [4.69, 9.17) is 6.57 Å². The minimum absolute atomic E-state index is 0.255. The van der Waals surface area contributed by atoms with Gasteiger partial charge in [0.15, 0.2) is 0 Å². The molecule has 0 saturated carbocycles. The van der Waals surface area contributed by atoms with Crippen LogP contribution in [0.1, 0.15) is 11.1 Å². The molecular weight excluding hydrogens is 382 g/mol. The Morgan fingerprint density at radius 3 is 2.35 bits per heavy atom. The third kappa shape index (κ3) is 2.80. The van der Waals surface area contributed by atoms with Gasteiger partial charge in [-0.05, 0) is 24.3 Å². The Morgan fingerprint density at radius 1 is 0.839 bits per heavy atom. The van der Waals surface area contributed by atoms with E-state index in [1.807, 2.05) is 71.3 Å². The van der Waals surface area contributed by atoms with Crippen molar-refractivity contribution in [2.24, 2.45) is 0 Å². The molecule has 0 radical (unpaired) electrons. The molecule has 0 unspecified atom stereocenters. The van der Waals surface area contributed by atoms with Crippen LogP contribution in [-0.4, -0.2) is 9.55 Å². The second-order valence-corrected chi connectivity index (χ2v) is 7.03. The smallest absolute Gasteiger partial charge is 0.213 e. The third-order valence-corrected chi connectivity index (χ3v) is 5.31. The van der Waals surface area contributed by atoms with Crippen molar-refractivity contribution in [2.75, 3.05) is 0 Å². The molecule has 5 nitrogen and oxygen atoms in total. The van der Waals surface area contributed by atoms with Crippen molar-refractivity contribution < 1.29 is 0 Å². The van der Waals surface area contributed by atoms with E-state index in [0.29, 0.717) is 5.69 Å². The first-order chi connectivity index (χ1) is 15.2. The third-order valence-electron chi connectivity index (χ3n) is 5.31. The van der Waals surface area contributed by atoms with Crippen molar-refractivity contribution in [1.82, 2.24) is 9.55 Å². The lowest BCUT2D eigenvalue weighted by molar-refractivity contribution is 1.16. The molecule has 5 rings (SSSR count). The number of nitriles is 2. The van der Waals surface area contributed by atoms with Gasteiger partial charge in [-0.2, -0.15) is 10.5 Å². The highest BCUT2D eigenvalue weighted by molar-refractivity contribution is 6.10. The number of benzene rings is 3. The van der Waals surface area contributed by atoms with Crippen LogP contribution in [0.4, 0.5) is 5.69 Å². The summed E-state index contributed by atoms with van der Waals surface area (Å²) in [5.41, 5.74) is 4.82. The predicted molar refractivity (Wildman–Crippen MR) is 120 cm³/mol. The van der Waals surface area contributed by atoms with Crippen LogP contribution >= 0.6 is 0 Å². The number of hydrogen-bond donors (Lipinski definition) is 0. The zero-order valence-corrected chi connectivity index (χ0v) is 16.2. The van der Waals surface area contributed by atoms with Crippen LogP contribution in [0.3, 0.4) is 0 Å².